The maximum atomic E-state index is 13.8. The summed E-state index contributed by atoms with van der Waals surface area (Å²) in [5, 5.41) is 12.1. The topological polar surface area (TPSA) is 79.7 Å². The van der Waals surface area contributed by atoms with Crippen LogP contribution in [0.3, 0.4) is 0 Å². The highest BCUT2D eigenvalue weighted by Crippen LogP contribution is 2.41. The molecule has 0 aliphatic carbocycles. The van der Waals surface area contributed by atoms with Crippen molar-refractivity contribution in [3.63, 3.8) is 0 Å². The van der Waals surface area contributed by atoms with Crippen molar-refractivity contribution in [2.45, 2.75) is 32.9 Å². The summed E-state index contributed by atoms with van der Waals surface area (Å²) in [6, 6.07) is 15.8. The van der Waals surface area contributed by atoms with E-state index >= 15 is 0 Å². The molecule has 2 heterocycles. The van der Waals surface area contributed by atoms with Crippen LogP contribution < -0.4 is 0 Å². The van der Waals surface area contributed by atoms with Gasteiger partial charge in [0.05, 0.1) is 34.9 Å². The second-order valence-corrected chi connectivity index (χ2v) is 9.70. The van der Waals surface area contributed by atoms with Crippen molar-refractivity contribution in [2.24, 2.45) is 0 Å². The van der Waals surface area contributed by atoms with Crippen LogP contribution in [0.25, 0.3) is 10.6 Å². The number of hydrogen-bond donors (Lipinski definition) is 1. The lowest BCUT2D eigenvalue weighted by Gasteiger charge is -2.27. The number of ketones is 1. The van der Waals surface area contributed by atoms with Crippen molar-refractivity contribution >= 4 is 34.6 Å². The number of thiazole rings is 1. The van der Waals surface area contributed by atoms with Crippen LogP contribution in [0.4, 0.5) is 0 Å². The van der Waals surface area contributed by atoms with E-state index in [9.17, 15) is 14.7 Å². The molecule has 1 aliphatic heterocycles. The summed E-state index contributed by atoms with van der Waals surface area (Å²) >= 11 is 7.32. The monoisotopic (exact) mass is 496 g/mol. The molecule has 0 spiro atoms. The van der Waals surface area contributed by atoms with Gasteiger partial charge in [0, 0.05) is 17.1 Å². The number of nitrogens with zero attached hydrogens (tertiary/aromatic N) is 2. The third kappa shape index (κ3) is 4.78. The zero-order valence-electron chi connectivity index (χ0n) is 19.1. The van der Waals surface area contributed by atoms with Crippen LogP contribution in [0.5, 0.6) is 0 Å². The number of Topliss-reactive ketones (excluding diaryl/α,β-unsaturated/α-hetero) is 1. The number of carbonyl (C=O) groups excluding carboxylic acids is 2. The molecule has 3 aromatic rings. The Labute approximate surface area is 207 Å². The molecule has 1 unspecified atom stereocenters. The molecular formula is C26H25ClN2O4S. The molecule has 1 aliphatic rings. The minimum absolute atomic E-state index is 0.00871. The molecule has 0 bridgehead atoms. The van der Waals surface area contributed by atoms with Gasteiger partial charge in [-0.15, -0.1) is 11.3 Å². The van der Waals surface area contributed by atoms with E-state index in [0.29, 0.717) is 26.2 Å². The molecule has 1 amide bonds. The molecule has 6 nitrogen and oxygen atoms in total. The van der Waals surface area contributed by atoms with Crippen LogP contribution in [0.1, 0.15) is 40.8 Å². The second kappa shape index (κ2) is 10.1. The third-order valence-corrected chi connectivity index (χ3v) is 7.00. The van der Waals surface area contributed by atoms with Gasteiger partial charge >= 0.3 is 0 Å². The smallest absolute Gasteiger partial charge is 0.290 e. The first-order chi connectivity index (χ1) is 16.3. The minimum atomic E-state index is -0.755. The fraction of sp³-hybridized carbons (Fsp3) is 0.269. The number of amides is 1. The van der Waals surface area contributed by atoms with Gasteiger partial charge in [0.15, 0.2) is 5.76 Å². The van der Waals surface area contributed by atoms with E-state index in [0.717, 1.165) is 5.56 Å². The summed E-state index contributed by atoms with van der Waals surface area (Å²) in [7, 11) is 0. The average Bonchev–Trinajstić information content (AvgIpc) is 3.32. The zero-order chi connectivity index (χ0) is 24.4. The van der Waals surface area contributed by atoms with E-state index in [-0.39, 0.29) is 24.8 Å². The molecule has 4 rings (SSSR count). The van der Waals surface area contributed by atoms with E-state index in [4.69, 9.17) is 16.3 Å². The lowest BCUT2D eigenvalue weighted by molar-refractivity contribution is -0.130. The lowest BCUT2D eigenvalue weighted by Crippen LogP contribution is -2.34. The van der Waals surface area contributed by atoms with Crippen molar-refractivity contribution < 1.29 is 19.4 Å². The second-order valence-electron chi connectivity index (χ2n) is 8.26. The fourth-order valence-electron chi connectivity index (χ4n) is 3.93. The molecule has 8 heteroatoms. The van der Waals surface area contributed by atoms with Gasteiger partial charge in [-0.1, -0.05) is 54.1 Å². The number of aryl methyl sites for hydroxylation is 1. The number of carbonyl (C=O) groups is 2. The van der Waals surface area contributed by atoms with Crippen molar-refractivity contribution in [1.82, 2.24) is 9.88 Å². The highest BCUT2D eigenvalue weighted by atomic mass is 35.5. The highest BCUT2D eigenvalue weighted by molar-refractivity contribution is 7.17. The Morgan fingerprint density at radius 2 is 1.85 bits per heavy atom. The van der Waals surface area contributed by atoms with Crippen LogP contribution in [0, 0.1) is 6.92 Å². The van der Waals surface area contributed by atoms with Crippen LogP contribution in [0.15, 0.2) is 65.9 Å². The van der Waals surface area contributed by atoms with E-state index in [2.05, 4.69) is 4.98 Å². The van der Waals surface area contributed by atoms with Gasteiger partial charge in [0.25, 0.3) is 5.91 Å². The normalized spacial score (nSPS) is 16.1. The van der Waals surface area contributed by atoms with Gasteiger partial charge in [-0.2, -0.15) is 0 Å². The summed E-state index contributed by atoms with van der Waals surface area (Å²) in [5.74, 6) is -1.54. The molecular weight excluding hydrogens is 472 g/mol. The van der Waals surface area contributed by atoms with Crippen molar-refractivity contribution in [2.75, 3.05) is 13.2 Å². The molecule has 1 aromatic heterocycles. The van der Waals surface area contributed by atoms with Crippen molar-refractivity contribution in [1.29, 1.82) is 0 Å². The number of benzene rings is 2. The Kier molecular flexibility index (Phi) is 7.16. The predicted molar refractivity (Wildman–Crippen MR) is 133 cm³/mol. The summed E-state index contributed by atoms with van der Waals surface area (Å²) in [6.45, 7) is 6.08. The number of hydrogen-bond acceptors (Lipinski definition) is 6. The molecule has 176 valence electrons. The molecule has 34 heavy (non-hydrogen) atoms. The van der Waals surface area contributed by atoms with E-state index in [1.807, 2.05) is 44.2 Å². The summed E-state index contributed by atoms with van der Waals surface area (Å²) in [4.78, 5) is 33.3. The molecule has 1 atom stereocenters. The van der Waals surface area contributed by atoms with Crippen molar-refractivity contribution in [3.8, 4) is 10.6 Å². The zero-order valence-corrected chi connectivity index (χ0v) is 20.7. The molecule has 0 radical (unpaired) electrons. The number of halogens is 1. The predicted octanol–water partition coefficient (Wildman–Crippen LogP) is 5.78. The quantitative estimate of drug-likeness (QED) is 0.400. The Balaban J connectivity index is 1.73. The number of ether oxygens (including phenoxy) is 1. The largest absolute Gasteiger partial charge is 0.503 e. The van der Waals surface area contributed by atoms with Gasteiger partial charge in [-0.05, 0) is 38.5 Å². The van der Waals surface area contributed by atoms with Crippen LogP contribution in [-0.4, -0.2) is 45.9 Å². The van der Waals surface area contributed by atoms with Gasteiger partial charge in [-0.3, -0.25) is 9.59 Å². The van der Waals surface area contributed by atoms with E-state index in [1.54, 1.807) is 31.2 Å². The highest BCUT2D eigenvalue weighted by Gasteiger charge is 2.44. The maximum absolute atomic E-state index is 13.8. The average molecular weight is 497 g/mol. The van der Waals surface area contributed by atoms with Crippen LogP contribution >= 0.6 is 22.9 Å². The van der Waals surface area contributed by atoms with E-state index in [1.165, 1.54) is 16.2 Å². The number of aliphatic hydroxyl groups is 1. The van der Waals surface area contributed by atoms with Gasteiger partial charge in [0.2, 0.25) is 5.78 Å². The van der Waals surface area contributed by atoms with Crippen LogP contribution in [0.2, 0.25) is 5.02 Å². The molecule has 2 aromatic carbocycles. The Hall–Kier alpha value is -3.00. The standard InChI is InChI=1S/C26H25ClN2O4S/c1-15(2)33-14-13-29-21(17-9-11-19(27)12-10-17)20(23(31)26(29)32)22(30)24-16(3)28-25(34-24)18-7-5-4-6-8-18/h4-12,15,21,31H,13-14H2,1-3H3. The number of rotatable bonds is 8. The Morgan fingerprint density at radius 1 is 1.18 bits per heavy atom. The third-order valence-electron chi connectivity index (χ3n) is 5.54. The van der Waals surface area contributed by atoms with Crippen LogP contribution in [-0.2, 0) is 9.53 Å². The Bertz CT molecular complexity index is 1240. The SMILES string of the molecule is Cc1nc(-c2ccccc2)sc1C(=O)C1=C(O)C(=O)N(CCOC(C)C)C1c1ccc(Cl)cc1. The molecule has 0 saturated carbocycles. The molecule has 0 saturated heterocycles. The first kappa shape index (κ1) is 24.1. The first-order valence-corrected chi connectivity index (χ1v) is 12.2. The minimum Gasteiger partial charge on any atom is -0.503 e. The molecule has 0 fully saturated rings. The van der Waals surface area contributed by atoms with Crippen molar-refractivity contribution in [3.05, 3.63) is 87.1 Å². The Morgan fingerprint density at radius 3 is 2.50 bits per heavy atom. The van der Waals surface area contributed by atoms with Gasteiger partial charge in [0.1, 0.15) is 5.01 Å². The molecule has 1 N–H and O–H groups in total. The van der Waals surface area contributed by atoms with Gasteiger partial charge < -0.3 is 14.7 Å². The summed E-state index contributed by atoms with van der Waals surface area (Å²) in [5.41, 5.74) is 2.18. The van der Waals surface area contributed by atoms with E-state index < -0.39 is 23.5 Å². The summed E-state index contributed by atoms with van der Waals surface area (Å²) < 4.78 is 5.63. The fourth-order valence-corrected chi connectivity index (χ4v) is 5.08. The number of aromatic nitrogens is 1. The summed E-state index contributed by atoms with van der Waals surface area (Å²) in [6.07, 6.45) is -0.00871. The maximum Gasteiger partial charge on any atom is 0.290 e. The lowest BCUT2D eigenvalue weighted by atomic mass is 9.95. The number of aliphatic hydroxyl groups excluding tert-OH is 1. The van der Waals surface area contributed by atoms with Gasteiger partial charge in [-0.25, -0.2) is 4.98 Å². The first-order valence-electron chi connectivity index (χ1n) is 11.0.